The van der Waals surface area contributed by atoms with Crippen LogP contribution in [0.15, 0.2) is 42.5 Å². The van der Waals surface area contributed by atoms with Gasteiger partial charge in [0.15, 0.2) is 0 Å². The van der Waals surface area contributed by atoms with Gasteiger partial charge >= 0.3 is 5.97 Å². The number of aliphatic carboxylic acids is 1. The number of aliphatic hydroxyl groups is 3. The van der Waals surface area contributed by atoms with Crippen LogP contribution < -0.4 is 0 Å². The summed E-state index contributed by atoms with van der Waals surface area (Å²) < 4.78 is 0. The predicted molar refractivity (Wildman–Crippen MR) is 123 cm³/mol. The fraction of sp³-hybridized carbons (Fsp3) is 0.654. The van der Waals surface area contributed by atoms with E-state index in [2.05, 4.69) is 12.1 Å². The van der Waals surface area contributed by atoms with E-state index in [4.69, 9.17) is 0 Å². The second-order valence-corrected chi connectivity index (χ2v) is 9.43. The maximum Gasteiger partial charge on any atom is 0.306 e. The molecule has 5 heteroatoms. The standard InChI is InChI=1S/C26H40O5/c1-18(2)21(26(30)31)11-7-4-8-12-22-23(25(29)17-24(22)28)16-15-20(27)14-13-19-9-5-3-6-10-19/h3-6,8-10,18,20-25,27-29H,7,11-17H2,1-2H3,(H,30,31)/t20-,21?,22+,23+,24-,25+/m0/s1. The average Bonchev–Trinajstić information content (AvgIpc) is 2.99. The Hall–Kier alpha value is -1.69. The van der Waals surface area contributed by atoms with E-state index >= 15 is 0 Å². The Morgan fingerprint density at radius 3 is 2.35 bits per heavy atom. The van der Waals surface area contributed by atoms with E-state index in [0.717, 1.165) is 6.42 Å². The zero-order valence-electron chi connectivity index (χ0n) is 18.9. The number of aryl methyl sites for hydroxylation is 1. The second-order valence-electron chi connectivity index (χ2n) is 9.43. The largest absolute Gasteiger partial charge is 0.481 e. The van der Waals surface area contributed by atoms with Gasteiger partial charge in [0.2, 0.25) is 0 Å². The van der Waals surface area contributed by atoms with E-state index < -0.39 is 24.3 Å². The lowest BCUT2D eigenvalue weighted by Crippen LogP contribution is -2.23. The van der Waals surface area contributed by atoms with Crippen molar-refractivity contribution in [3.05, 3.63) is 48.0 Å². The van der Waals surface area contributed by atoms with Crippen molar-refractivity contribution in [3.8, 4) is 0 Å². The molecule has 1 saturated carbocycles. The summed E-state index contributed by atoms with van der Waals surface area (Å²) in [6.45, 7) is 3.86. The zero-order chi connectivity index (χ0) is 22.8. The fourth-order valence-electron chi connectivity index (χ4n) is 4.80. The highest BCUT2D eigenvalue weighted by molar-refractivity contribution is 5.70. The van der Waals surface area contributed by atoms with Crippen molar-refractivity contribution in [1.29, 1.82) is 0 Å². The molecule has 0 spiro atoms. The maximum atomic E-state index is 11.3. The van der Waals surface area contributed by atoms with Crippen molar-refractivity contribution in [1.82, 2.24) is 0 Å². The molecule has 1 fully saturated rings. The summed E-state index contributed by atoms with van der Waals surface area (Å²) in [4.78, 5) is 11.3. The first-order chi connectivity index (χ1) is 14.8. The van der Waals surface area contributed by atoms with Crippen LogP contribution in [0.1, 0.15) is 64.4 Å². The summed E-state index contributed by atoms with van der Waals surface area (Å²) in [5, 5.41) is 40.5. The molecule has 0 aliphatic heterocycles. The number of benzene rings is 1. The molecule has 1 aliphatic rings. The number of allylic oxidation sites excluding steroid dienone is 2. The topological polar surface area (TPSA) is 98.0 Å². The minimum Gasteiger partial charge on any atom is -0.481 e. The van der Waals surface area contributed by atoms with Crippen LogP contribution in [-0.2, 0) is 11.2 Å². The van der Waals surface area contributed by atoms with E-state index in [0.29, 0.717) is 44.9 Å². The van der Waals surface area contributed by atoms with E-state index in [1.54, 1.807) is 0 Å². The lowest BCUT2D eigenvalue weighted by molar-refractivity contribution is -0.143. The summed E-state index contributed by atoms with van der Waals surface area (Å²) in [6.07, 6.45) is 7.74. The molecule has 6 atom stereocenters. The minimum absolute atomic E-state index is 0.0199. The van der Waals surface area contributed by atoms with Crippen LogP contribution in [0, 0.1) is 23.7 Å². The predicted octanol–water partition coefficient (Wildman–Crippen LogP) is 4.20. The molecule has 1 aliphatic carbocycles. The SMILES string of the molecule is CC(C)C(CCC=CC[C@@H]1[C@@H](CC[C@@H](O)CCc2ccccc2)[C@H](O)C[C@@H]1O)C(=O)O. The van der Waals surface area contributed by atoms with E-state index in [1.807, 2.05) is 44.2 Å². The highest BCUT2D eigenvalue weighted by atomic mass is 16.4. The monoisotopic (exact) mass is 432 g/mol. The molecule has 1 unspecified atom stereocenters. The molecule has 1 aromatic carbocycles. The molecule has 0 bridgehead atoms. The summed E-state index contributed by atoms with van der Waals surface area (Å²) in [6, 6.07) is 10.1. The number of rotatable bonds is 13. The van der Waals surface area contributed by atoms with Crippen molar-refractivity contribution in [2.24, 2.45) is 23.7 Å². The molecule has 31 heavy (non-hydrogen) atoms. The number of carbonyl (C=O) groups is 1. The highest BCUT2D eigenvalue weighted by Crippen LogP contribution is 2.38. The lowest BCUT2D eigenvalue weighted by atomic mass is 9.85. The van der Waals surface area contributed by atoms with Gasteiger partial charge in [-0.2, -0.15) is 0 Å². The van der Waals surface area contributed by atoms with Gasteiger partial charge in [-0.1, -0.05) is 56.3 Å². The Kier molecular flexibility index (Phi) is 10.7. The van der Waals surface area contributed by atoms with Gasteiger partial charge in [0.1, 0.15) is 0 Å². The first-order valence-corrected chi connectivity index (χ1v) is 11.8. The first-order valence-electron chi connectivity index (χ1n) is 11.8. The molecule has 5 nitrogen and oxygen atoms in total. The molecular weight excluding hydrogens is 392 g/mol. The van der Waals surface area contributed by atoms with Gasteiger partial charge in [-0.3, -0.25) is 4.79 Å². The van der Waals surface area contributed by atoms with Gasteiger partial charge in [-0.25, -0.2) is 0 Å². The van der Waals surface area contributed by atoms with Crippen molar-refractivity contribution >= 4 is 5.97 Å². The van der Waals surface area contributed by atoms with Crippen LogP contribution >= 0.6 is 0 Å². The number of aliphatic hydroxyl groups excluding tert-OH is 3. The van der Waals surface area contributed by atoms with E-state index in [1.165, 1.54) is 5.56 Å². The molecule has 0 amide bonds. The lowest BCUT2D eigenvalue weighted by Gasteiger charge is -2.23. The van der Waals surface area contributed by atoms with Gasteiger partial charge in [-0.15, -0.1) is 0 Å². The highest BCUT2D eigenvalue weighted by Gasteiger charge is 2.40. The van der Waals surface area contributed by atoms with E-state index in [-0.39, 0.29) is 23.7 Å². The molecule has 4 N–H and O–H groups in total. The van der Waals surface area contributed by atoms with Crippen LogP contribution in [0.2, 0.25) is 0 Å². The van der Waals surface area contributed by atoms with Gasteiger partial charge in [0, 0.05) is 0 Å². The molecule has 2 rings (SSSR count). The fourth-order valence-corrected chi connectivity index (χ4v) is 4.80. The molecule has 0 heterocycles. The molecular formula is C26H40O5. The summed E-state index contributed by atoms with van der Waals surface area (Å²) in [5.41, 5.74) is 1.21. The average molecular weight is 433 g/mol. The molecule has 1 aromatic rings. The Morgan fingerprint density at radius 1 is 1.03 bits per heavy atom. The van der Waals surface area contributed by atoms with Crippen molar-refractivity contribution in [2.75, 3.05) is 0 Å². The third-order valence-electron chi connectivity index (χ3n) is 6.80. The van der Waals surface area contributed by atoms with E-state index in [9.17, 15) is 25.2 Å². The van der Waals surface area contributed by atoms with Crippen LogP contribution in [-0.4, -0.2) is 44.7 Å². The quantitative estimate of drug-likeness (QED) is 0.350. The van der Waals surface area contributed by atoms with Gasteiger partial charge in [-0.05, 0) is 74.7 Å². The third kappa shape index (κ3) is 8.40. The summed E-state index contributed by atoms with van der Waals surface area (Å²) in [5.74, 6) is -1.02. The normalized spacial score (nSPS) is 25.9. The Balaban J connectivity index is 1.77. The smallest absolute Gasteiger partial charge is 0.306 e. The first kappa shape index (κ1) is 25.6. The Bertz CT molecular complexity index is 672. The Morgan fingerprint density at radius 2 is 1.71 bits per heavy atom. The zero-order valence-corrected chi connectivity index (χ0v) is 18.9. The third-order valence-corrected chi connectivity index (χ3v) is 6.80. The van der Waals surface area contributed by atoms with Gasteiger partial charge < -0.3 is 20.4 Å². The second kappa shape index (κ2) is 13.0. The van der Waals surface area contributed by atoms with Crippen LogP contribution in [0.4, 0.5) is 0 Å². The Labute approximate surface area is 186 Å². The van der Waals surface area contributed by atoms with Crippen LogP contribution in [0.25, 0.3) is 0 Å². The summed E-state index contributed by atoms with van der Waals surface area (Å²) >= 11 is 0. The molecule has 0 radical (unpaired) electrons. The number of hydrogen-bond acceptors (Lipinski definition) is 4. The summed E-state index contributed by atoms with van der Waals surface area (Å²) in [7, 11) is 0. The van der Waals surface area contributed by atoms with Crippen LogP contribution in [0.5, 0.6) is 0 Å². The van der Waals surface area contributed by atoms with Crippen molar-refractivity contribution < 1.29 is 25.2 Å². The number of hydrogen-bond donors (Lipinski definition) is 4. The van der Waals surface area contributed by atoms with Gasteiger partial charge in [0.25, 0.3) is 0 Å². The molecule has 0 aromatic heterocycles. The van der Waals surface area contributed by atoms with Gasteiger partial charge in [0.05, 0.1) is 24.2 Å². The number of carboxylic acid groups (broad SMARTS) is 1. The molecule has 0 saturated heterocycles. The maximum absolute atomic E-state index is 11.3. The van der Waals surface area contributed by atoms with Crippen molar-refractivity contribution in [3.63, 3.8) is 0 Å². The minimum atomic E-state index is -0.747. The molecule has 174 valence electrons. The van der Waals surface area contributed by atoms with Crippen molar-refractivity contribution in [2.45, 2.75) is 83.5 Å². The van der Waals surface area contributed by atoms with Crippen LogP contribution in [0.3, 0.4) is 0 Å². The number of carboxylic acids is 1.